The summed E-state index contributed by atoms with van der Waals surface area (Å²) in [4.78, 5) is 27.2. The van der Waals surface area contributed by atoms with Gasteiger partial charge in [-0.15, -0.1) is 4.40 Å². The molecule has 0 saturated carbocycles. The number of nitrogens with zero attached hydrogens (tertiary/aromatic N) is 3. The van der Waals surface area contributed by atoms with Crippen molar-refractivity contribution < 1.29 is 22.7 Å². The van der Waals surface area contributed by atoms with Crippen molar-refractivity contribution in [1.82, 2.24) is 9.80 Å². The van der Waals surface area contributed by atoms with Gasteiger partial charge < -0.3 is 14.5 Å². The SMILES string of the molecule is CN(C)C(=O)COC(=O)[C@@H]1CCCN(C2=NS(=O)(=O)c3ccccc32)C1. The molecular weight excluding hydrogens is 358 g/mol. The molecule has 2 aliphatic heterocycles. The van der Waals surface area contributed by atoms with Gasteiger partial charge in [0.05, 0.1) is 5.92 Å². The Morgan fingerprint density at radius 2 is 2.04 bits per heavy atom. The first kappa shape index (κ1) is 18.4. The summed E-state index contributed by atoms with van der Waals surface area (Å²) in [5, 5.41) is 0. The van der Waals surface area contributed by atoms with Crippen LogP contribution in [-0.2, 0) is 24.3 Å². The van der Waals surface area contributed by atoms with E-state index in [9.17, 15) is 18.0 Å². The zero-order valence-electron chi connectivity index (χ0n) is 14.7. The summed E-state index contributed by atoms with van der Waals surface area (Å²) in [5.74, 6) is -0.773. The Morgan fingerprint density at radius 3 is 2.77 bits per heavy atom. The number of hydrogen-bond acceptors (Lipinski definition) is 6. The minimum Gasteiger partial charge on any atom is -0.455 e. The number of hydrogen-bond donors (Lipinski definition) is 0. The molecule has 0 N–H and O–H groups in total. The third kappa shape index (κ3) is 3.57. The molecule has 1 aromatic carbocycles. The van der Waals surface area contributed by atoms with E-state index in [-0.39, 0.29) is 17.4 Å². The summed E-state index contributed by atoms with van der Waals surface area (Å²) in [7, 11) is -0.509. The van der Waals surface area contributed by atoms with Crippen LogP contribution in [0.4, 0.5) is 0 Å². The molecule has 1 amide bonds. The second-order valence-electron chi connectivity index (χ2n) is 6.57. The van der Waals surface area contributed by atoms with Gasteiger partial charge in [0.2, 0.25) is 0 Å². The third-order valence-electron chi connectivity index (χ3n) is 4.50. The van der Waals surface area contributed by atoms with Crippen LogP contribution in [0.2, 0.25) is 0 Å². The molecule has 0 unspecified atom stereocenters. The highest BCUT2D eigenvalue weighted by Gasteiger charge is 2.35. The summed E-state index contributed by atoms with van der Waals surface area (Å²) in [6, 6.07) is 6.67. The molecule has 8 nitrogen and oxygen atoms in total. The molecule has 1 aromatic rings. The second kappa shape index (κ2) is 7.06. The van der Waals surface area contributed by atoms with Crippen LogP contribution in [0, 0.1) is 5.92 Å². The minimum absolute atomic E-state index is 0.191. The molecule has 2 heterocycles. The zero-order valence-corrected chi connectivity index (χ0v) is 15.5. The molecule has 140 valence electrons. The lowest BCUT2D eigenvalue weighted by Crippen LogP contribution is -2.43. The molecule has 2 aliphatic rings. The predicted molar refractivity (Wildman–Crippen MR) is 94.1 cm³/mol. The van der Waals surface area contributed by atoms with Gasteiger partial charge in [-0.05, 0) is 25.0 Å². The van der Waals surface area contributed by atoms with Crippen molar-refractivity contribution in [2.24, 2.45) is 10.3 Å². The molecule has 1 fully saturated rings. The first-order valence-electron chi connectivity index (χ1n) is 8.35. The number of carbonyl (C=O) groups excluding carboxylic acids is 2. The van der Waals surface area contributed by atoms with E-state index in [0.717, 1.165) is 0 Å². The monoisotopic (exact) mass is 379 g/mol. The fourth-order valence-electron chi connectivity index (χ4n) is 3.06. The number of carbonyl (C=O) groups is 2. The van der Waals surface area contributed by atoms with Crippen LogP contribution < -0.4 is 0 Å². The highest BCUT2D eigenvalue weighted by molar-refractivity contribution is 7.90. The fraction of sp³-hybridized carbons (Fsp3) is 0.471. The van der Waals surface area contributed by atoms with E-state index < -0.39 is 21.9 Å². The Kier molecular flexibility index (Phi) is 4.99. The molecule has 26 heavy (non-hydrogen) atoms. The van der Waals surface area contributed by atoms with Gasteiger partial charge in [0.15, 0.2) is 12.4 Å². The Morgan fingerprint density at radius 1 is 1.31 bits per heavy atom. The Balaban J connectivity index is 1.72. The lowest BCUT2D eigenvalue weighted by Gasteiger charge is -2.32. The predicted octanol–water partition coefficient (Wildman–Crippen LogP) is 0.479. The fourth-order valence-corrected chi connectivity index (χ4v) is 4.29. The normalized spacial score (nSPS) is 20.9. The first-order chi connectivity index (χ1) is 12.3. The average molecular weight is 379 g/mol. The number of amidine groups is 1. The maximum atomic E-state index is 12.3. The van der Waals surface area contributed by atoms with Crippen molar-refractivity contribution in [2.45, 2.75) is 17.7 Å². The van der Waals surface area contributed by atoms with Gasteiger partial charge in [0.1, 0.15) is 4.90 Å². The molecule has 0 bridgehead atoms. The molecule has 0 aromatic heterocycles. The van der Waals surface area contributed by atoms with Crippen LogP contribution in [0.1, 0.15) is 18.4 Å². The number of likely N-dealkylation sites (tertiary alicyclic amines) is 1. The average Bonchev–Trinajstić information content (AvgIpc) is 2.91. The molecule has 0 aliphatic carbocycles. The summed E-state index contributed by atoms with van der Waals surface area (Å²) in [6.45, 7) is 0.640. The van der Waals surface area contributed by atoms with Gasteiger partial charge in [-0.25, -0.2) is 0 Å². The van der Waals surface area contributed by atoms with E-state index >= 15 is 0 Å². The van der Waals surface area contributed by atoms with Crippen LogP contribution in [0.15, 0.2) is 33.6 Å². The maximum Gasteiger partial charge on any atom is 0.311 e. The van der Waals surface area contributed by atoms with Gasteiger partial charge in [0.25, 0.3) is 15.9 Å². The lowest BCUT2D eigenvalue weighted by atomic mass is 9.97. The largest absolute Gasteiger partial charge is 0.455 e. The third-order valence-corrected chi connectivity index (χ3v) is 5.83. The van der Waals surface area contributed by atoms with E-state index in [2.05, 4.69) is 4.40 Å². The van der Waals surface area contributed by atoms with Gasteiger partial charge >= 0.3 is 5.97 Å². The van der Waals surface area contributed by atoms with E-state index in [1.807, 2.05) is 4.90 Å². The van der Waals surface area contributed by atoms with Gasteiger partial charge in [-0.3, -0.25) is 9.59 Å². The van der Waals surface area contributed by atoms with Crippen LogP contribution in [0.25, 0.3) is 0 Å². The van der Waals surface area contributed by atoms with Crippen molar-refractivity contribution in [1.29, 1.82) is 0 Å². The summed E-state index contributed by atoms with van der Waals surface area (Å²) >= 11 is 0. The maximum absolute atomic E-state index is 12.3. The highest BCUT2D eigenvalue weighted by Crippen LogP contribution is 2.29. The number of piperidine rings is 1. The van der Waals surface area contributed by atoms with Crippen molar-refractivity contribution >= 4 is 27.7 Å². The number of likely N-dealkylation sites (N-methyl/N-ethyl adjacent to an activating group) is 1. The second-order valence-corrected chi connectivity index (χ2v) is 8.14. The van der Waals surface area contributed by atoms with Gasteiger partial charge in [-0.2, -0.15) is 8.42 Å². The lowest BCUT2D eigenvalue weighted by molar-refractivity contribution is -0.155. The van der Waals surface area contributed by atoms with Crippen LogP contribution >= 0.6 is 0 Å². The van der Waals surface area contributed by atoms with Crippen molar-refractivity contribution in [3.63, 3.8) is 0 Å². The smallest absolute Gasteiger partial charge is 0.311 e. The minimum atomic E-state index is -3.69. The van der Waals surface area contributed by atoms with Crippen molar-refractivity contribution in [2.75, 3.05) is 33.8 Å². The van der Waals surface area contributed by atoms with E-state index in [4.69, 9.17) is 4.74 Å². The molecule has 3 rings (SSSR count). The van der Waals surface area contributed by atoms with Crippen LogP contribution in [0.3, 0.4) is 0 Å². The first-order valence-corrected chi connectivity index (χ1v) is 9.79. The Hall–Kier alpha value is -2.42. The number of fused-ring (bicyclic) bond motifs is 1. The van der Waals surface area contributed by atoms with Crippen molar-refractivity contribution in [3.05, 3.63) is 29.8 Å². The number of ether oxygens (including phenoxy) is 1. The number of rotatable bonds is 3. The Bertz CT molecular complexity index is 863. The van der Waals surface area contributed by atoms with E-state index in [1.54, 1.807) is 32.3 Å². The highest BCUT2D eigenvalue weighted by atomic mass is 32.2. The molecule has 1 atom stereocenters. The number of esters is 1. The number of sulfonamides is 1. The zero-order chi connectivity index (χ0) is 18.9. The van der Waals surface area contributed by atoms with Crippen LogP contribution in [0.5, 0.6) is 0 Å². The van der Waals surface area contributed by atoms with Gasteiger partial charge in [-0.1, -0.05) is 12.1 Å². The standard InChI is InChI=1S/C17H21N3O5S/c1-19(2)15(21)11-25-17(22)12-6-5-9-20(10-12)16-13-7-3-4-8-14(13)26(23,24)18-16/h3-4,7-8,12H,5-6,9-11H2,1-2H3/t12-/m1/s1. The molecular formula is C17H21N3O5S. The summed E-state index contributed by atoms with van der Waals surface area (Å²) < 4.78 is 33.4. The quantitative estimate of drug-likeness (QED) is 0.709. The molecule has 0 spiro atoms. The molecule has 0 radical (unpaired) electrons. The van der Waals surface area contributed by atoms with E-state index in [1.165, 1.54) is 11.0 Å². The number of benzene rings is 1. The topological polar surface area (TPSA) is 96.3 Å². The molecule has 9 heteroatoms. The van der Waals surface area contributed by atoms with E-state index in [0.29, 0.717) is 37.3 Å². The van der Waals surface area contributed by atoms with Crippen LogP contribution in [-0.4, -0.2) is 69.7 Å². The Labute approximate surface area is 152 Å². The summed E-state index contributed by atoms with van der Waals surface area (Å²) in [6.07, 6.45) is 1.34. The molecule has 1 saturated heterocycles. The van der Waals surface area contributed by atoms with Crippen molar-refractivity contribution in [3.8, 4) is 0 Å². The summed E-state index contributed by atoms with van der Waals surface area (Å²) in [5.41, 5.74) is 0.560. The number of amides is 1. The van der Waals surface area contributed by atoms with Gasteiger partial charge in [0, 0.05) is 32.7 Å².